The Labute approximate surface area is 236 Å². The molecule has 0 aromatic heterocycles. The maximum Gasteiger partial charge on any atom is 0.247 e. The molecule has 0 spiro atoms. The maximum atomic E-state index is 13.8. The van der Waals surface area contributed by atoms with Gasteiger partial charge in [-0.2, -0.15) is 0 Å². The lowest BCUT2D eigenvalue weighted by molar-refractivity contribution is -0.145. The molecule has 2 aliphatic carbocycles. The van der Waals surface area contributed by atoms with Crippen LogP contribution in [0.5, 0.6) is 23.0 Å². The van der Waals surface area contributed by atoms with Crippen molar-refractivity contribution < 1.29 is 43.5 Å². The molecule has 0 bridgehead atoms. The predicted molar refractivity (Wildman–Crippen MR) is 144 cm³/mol. The highest BCUT2D eigenvalue weighted by molar-refractivity contribution is 5.96. The fraction of sp³-hybridized carbons (Fsp3) is 0.433. The molecule has 2 heterocycles. The van der Waals surface area contributed by atoms with Crippen molar-refractivity contribution in [2.24, 2.45) is 5.92 Å². The van der Waals surface area contributed by atoms with Crippen molar-refractivity contribution in [2.45, 2.75) is 50.0 Å². The van der Waals surface area contributed by atoms with Crippen molar-refractivity contribution in [1.29, 1.82) is 0 Å². The Morgan fingerprint density at radius 3 is 2.68 bits per heavy atom. The minimum absolute atomic E-state index is 0.0219. The molecule has 0 radical (unpaired) electrons. The van der Waals surface area contributed by atoms with Crippen LogP contribution in [0.3, 0.4) is 0 Å². The number of fused-ring (bicyclic) bond motifs is 4. The highest BCUT2D eigenvalue weighted by Gasteiger charge is 2.52. The molecule has 4 atom stereocenters. The third kappa shape index (κ3) is 4.78. The van der Waals surface area contributed by atoms with Gasteiger partial charge >= 0.3 is 0 Å². The van der Waals surface area contributed by atoms with Gasteiger partial charge in [0.2, 0.25) is 18.6 Å². The second-order valence-corrected chi connectivity index (χ2v) is 10.7. The van der Waals surface area contributed by atoms with Crippen LogP contribution in [0.1, 0.15) is 46.7 Å². The summed E-state index contributed by atoms with van der Waals surface area (Å²) >= 11 is 0. The van der Waals surface area contributed by atoms with E-state index < -0.39 is 30.1 Å². The first-order valence-corrected chi connectivity index (χ1v) is 13.7. The van der Waals surface area contributed by atoms with E-state index in [1.807, 2.05) is 12.1 Å². The molecule has 4 aliphatic rings. The minimum Gasteiger partial charge on any atom is -0.493 e. The second-order valence-electron chi connectivity index (χ2n) is 10.7. The first-order chi connectivity index (χ1) is 19.9. The largest absolute Gasteiger partial charge is 0.493 e. The van der Waals surface area contributed by atoms with E-state index in [9.17, 15) is 24.6 Å². The summed E-state index contributed by atoms with van der Waals surface area (Å²) in [5, 5.41) is 23.9. The van der Waals surface area contributed by atoms with Gasteiger partial charge in [0.1, 0.15) is 18.5 Å². The number of aliphatic hydroxyl groups excluding tert-OH is 2. The van der Waals surface area contributed by atoms with Crippen LogP contribution in [-0.2, 0) is 16.1 Å². The zero-order valence-electron chi connectivity index (χ0n) is 22.6. The maximum absolute atomic E-state index is 13.8. The second kappa shape index (κ2) is 11.1. The highest BCUT2D eigenvalue weighted by atomic mass is 16.7. The molecule has 41 heavy (non-hydrogen) atoms. The summed E-state index contributed by atoms with van der Waals surface area (Å²) in [6.07, 6.45) is 2.63. The Hall–Kier alpha value is -4.09. The van der Waals surface area contributed by atoms with E-state index in [0.29, 0.717) is 40.4 Å². The van der Waals surface area contributed by atoms with Crippen LogP contribution in [0.4, 0.5) is 0 Å². The zero-order chi connectivity index (χ0) is 28.7. The first-order valence-electron chi connectivity index (χ1n) is 13.7. The third-order valence-electron chi connectivity index (χ3n) is 8.30. The molecule has 0 unspecified atom stereocenters. The van der Waals surface area contributed by atoms with Gasteiger partial charge in [0.25, 0.3) is 0 Å². The van der Waals surface area contributed by atoms with E-state index in [1.165, 1.54) is 13.2 Å². The molecule has 216 valence electrons. The van der Waals surface area contributed by atoms with E-state index in [0.717, 1.165) is 24.8 Å². The van der Waals surface area contributed by atoms with Crippen LogP contribution in [0.15, 0.2) is 42.0 Å². The SMILES string of the molecule is COc1cc(C=O)cc2c1O[C@@H]1[C@@H](O)[C@H](N(Cc3ccc4c(c3)OCO4)C(=O)C3CCC3)C=C(C(=O)NCCO)[C@H]21. The minimum atomic E-state index is -1.20. The van der Waals surface area contributed by atoms with Crippen LogP contribution < -0.4 is 24.3 Å². The number of amides is 2. The number of methoxy groups -OCH3 is 1. The van der Waals surface area contributed by atoms with Crippen LogP contribution in [0, 0.1) is 5.92 Å². The lowest BCUT2D eigenvalue weighted by atomic mass is 9.76. The molecule has 11 nitrogen and oxygen atoms in total. The lowest BCUT2D eigenvalue weighted by Crippen LogP contribution is -2.56. The van der Waals surface area contributed by atoms with E-state index in [4.69, 9.17) is 18.9 Å². The number of hydrogen-bond donors (Lipinski definition) is 3. The van der Waals surface area contributed by atoms with Crippen LogP contribution in [-0.4, -0.2) is 78.5 Å². The summed E-state index contributed by atoms with van der Waals surface area (Å²) in [6.45, 7) is 0.0503. The highest BCUT2D eigenvalue weighted by Crippen LogP contribution is 2.51. The quantitative estimate of drug-likeness (QED) is 0.388. The summed E-state index contributed by atoms with van der Waals surface area (Å²) in [5.41, 5.74) is 1.93. The molecular weight excluding hydrogens is 532 g/mol. The summed E-state index contributed by atoms with van der Waals surface area (Å²) in [4.78, 5) is 40.6. The fourth-order valence-corrected chi connectivity index (χ4v) is 6.01. The molecule has 3 N–H and O–H groups in total. The van der Waals surface area contributed by atoms with Crippen molar-refractivity contribution in [3.8, 4) is 23.0 Å². The average Bonchev–Trinajstić information content (AvgIpc) is 3.58. The van der Waals surface area contributed by atoms with Gasteiger partial charge in [0.15, 0.2) is 23.0 Å². The van der Waals surface area contributed by atoms with Crippen LogP contribution in [0.2, 0.25) is 0 Å². The average molecular weight is 565 g/mol. The number of benzene rings is 2. The normalized spacial score (nSPS) is 23.8. The molecule has 0 saturated heterocycles. The van der Waals surface area contributed by atoms with E-state index in [2.05, 4.69) is 5.32 Å². The van der Waals surface area contributed by atoms with Gasteiger partial charge in [-0.25, -0.2) is 0 Å². The number of ether oxygens (including phenoxy) is 4. The molecule has 1 saturated carbocycles. The summed E-state index contributed by atoms with van der Waals surface area (Å²) in [6, 6.07) is 7.71. The number of rotatable bonds is 9. The van der Waals surface area contributed by atoms with Gasteiger partial charge in [0, 0.05) is 35.7 Å². The predicted octanol–water partition coefficient (Wildman–Crippen LogP) is 1.69. The number of aldehydes is 1. The summed E-state index contributed by atoms with van der Waals surface area (Å²) in [7, 11) is 1.45. The molecule has 2 aliphatic heterocycles. The molecule has 2 amide bonds. The third-order valence-corrected chi connectivity index (χ3v) is 8.30. The van der Waals surface area contributed by atoms with Gasteiger partial charge in [-0.05, 0) is 48.7 Å². The van der Waals surface area contributed by atoms with Gasteiger partial charge in [-0.3, -0.25) is 14.4 Å². The standard InChI is InChI=1S/C30H32N2O9/c1-38-24-11-17(14-34)9-19-25-20(29(36)31-7-8-33)12-21(26(35)28(25)41-27(19)24)32(30(37)18-3-2-4-18)13-16-5-6-22-23(10-16)40-15-39-22/h5-6,9-12,14,18,21,25-26,28,33,35H,2-4,7-8,13,15H2,1H3,(H,31,36)/t21-,25+,26+,28+/m1/s1. The van der Waals surface area contributed by atoms with Crippen molar-refractivity contribution in [3.05, 3.63) is 58.7 Å². The topological polar surface area (TPSA) is 144 Å². The number of aliphatic hydroxyl groups is 2. The van der Waals surface area contributed by atoms with Gasteiger partial charge in [0.05, 0.1) is 25.7 Å². The monoisotopic (exact) mass is 564 g/mol. The van der Waals surface area contributed by atoms with Gasteiger partial charge in [-0.1, -0.05) is 12.5 Å². The number of hydrogen-bond acceptors (Lipinski definition) is 9. The van der Waals surface area contributed by atoms with Gasteiger partial charge in [-0.15, -0.1) is 0 Å². The Morgan fingerprint density at radius 1 is 1.17 bits per heavy atom. The number of carbonyl (C=O) groups is 3. The molecular formula is C30H32N2O9. The number of carbonyl (C=O) groups excluding carboxylic acids is 3. The van der Waals surface area contributed by atoms with Crippen molar-refractivity contribution in [3.63, 3.8) is 0 Å². The molecule has 1 fully saturated rings. The summed E-state index contributed by atoms with van der Waals surface area (Å²) in [5.74, 6) is 0.364. The van der Waals surface area contributed by atoms with E-state index in [1.54, 1.807) is 23.1 Å². The van der Waals surface area contributed by atoms with Crippen molar-refractivity contribution in [1.82, 2.24) is 10.2 Å². The zero-order valence-corrected chi connectivity index (χ0v) is 22.6. The fourth-order valence-electron chi connectivity index (χ4n) is 6.01. The van der Waals surface area contributed by atoms with Crippen molar-refractivity contribution in [2.75, 3.05) is 27.1 Å². The van der Waals surface area contributed by atoms with Gasteiger partial charge < -0.3 is 39.4 Å². The smallest absolute Gasteiger partial charge is 0.247 e. The molecule has 2 aromatic rings. The summed E-state index contributed by atoms with van der Waals surface area (Å²) < 4.78 is 22.7. The molecule has 11 heteroatoms. The molecule has 6 rings (SSSR count). The van der Waals surface area contributed by atoms with Crippen LogP contribution >= 0.6 is 0 Å². The van der Waals surface area contributed by atoms with Crippen LogP contribution in [0.25, 0.3) is 0 Å². The van der Waals surface area contributed by atoms with E-state index >= 15 is 0 Å². The lowest BCUT2D eigenvalue weighted by Gasteiger charge is -2.42. The first kappa shape index (κ1) is 27.1. The number of nitrogens with zero attached hydrogens (tertiary/aromatic N) is 1. The number of nitrogens with one attached hydrogen (secondary N) is 1. The molecule has 2 aromatic carbocycles. The van der Waals surface area contributed by atoms with Crippen molar-refractivity contribution >= 4 is 18.1 Å². The Balaban J connectivity index is 1.42. The van der Waals surface area contributed by atoms with E-state index in [-0.39, 0.29) is 43.9 Å². The Morgan fingerprint density at radius 2 is 1.98 bits per heavy atom. The Bertz CT molecular complexity index is 1400. The Kier molecular flexibility index (Phi) is 7.31.